The summed E-state index contributed by atoms with van der Waals surface area (Å²) in [6.45, 7) is 28.2. The molecule has 4 bridgehead atoms. The van der Waals surface area contributed by atoms with Crippen LogP contribution in [0.5, 0.6) is 11.5 Å². The third kappa shape index (κ3) is 41.2. The molecule has 7 aromatic rings. The van der Waals surface area contributed by atoms with Crippen LogP contribution in [0.4, 0.5) is 0 Å². The Morgan fingerprint density at radius 1 is 0.589 bits per heavy atom. The van der Waals surface area contributed by atoms with E-state index in [0.717, 1.165) is 95.1 Å². The molecule has 4 atom stereocenters. The van der Waals surface area contributed by atoms with Crippen LogP contribution < -0.4 is 61.5 Å². The summed E-state index contributed by atoms with van der Waals surface area (Å²) in [4.78, 5) is 158. The van der Waals surface area contributed by atoms with Crippen molar-refractivity contribution in [2.24, 2.45) is 29.0 Å². The van der Waals surface area contributed by atoms with Gasteiger partial charge in [-0.3, -0.25) is 24.0 Å². The Hall–Kier alpha value is -10.8. The van der Waals surface area contributed by atoms with Crippen LogP contribution in [0.15, 0.2) is 72.1 Å². The molecule has 0 unspecified atom stereocenters. The van der Waals surface area contributed by atoms with Crippen LogP contribution in [0, 0.1) is 82.0 Å². The molecule has 2 amide bonds. The number of likely N-dealkylation sites (N-methyl/N-ethyl adjacent to an activating group) is 1. The summed E-state index contributed by atoms with van der Waals surface area (Å²) < 4.78 is 27.3. The standard InChI is InChI=1S/C45H60N8O7.C13H20N2O2.C13H16N2O2.C11H16N2O2.C8H9BrN2O2.C5H8.Na.H2O/c1-5-6-7-10-42-50-27-35(29(3)51-42)38(55)26-32(15-17-47)45(58)53(4)43-31-12-14-41(60-21-19-49)34(25-31)33-23-30(11-13-40(33)59-20-18-48)24-36(37(54)9-8-16-46)52-44(57)28(2)22-39(43)56;2*1-4-6-7-8-12-14-9-11(10(3)15-12)13(16)17-5-2;1-3-4-5-6-10-12-7-9(11(14)15)8(2)13-10;1-3-13-7(12)6-4-10-8(9)11-5(6)2;1-3-5-4-2;;/h11-14,23,25,27-28,32,36,43H,5-10,15,17-22,24,26,47-49H2,1-4H3,(H,52,57);9H,4-8H2,1-3H3;9H,4-6H2,1-3H3;7H,3-6H2,1-2H3,(H,14,15);4H,3H2,1-2H3;1H,4-5H2,2H3;;1H2/q;;;;;;+1;/p-1/t28-,32-,36+,43+;;;;;;;/m1......./s1. The third-order valence-corrected chi connectivity index (χ3v) is 19.7. The molecule has 6 heterocycles. The van der Waals surface area contributed by atoms with Crippen molar-refractivity contribution in [2.75, 3.05) is 59.7 Å². The number of hydrogen-bond donors (Lipinski definition) is 5. The van der Waals surface area contributed by atoms with E-state index in [4.69, 9.17) is 52.4 Å². The van der Waals surface area contributed by atoms with E-state index >= 15 is 0 Å². The Morgan fingerprint density at radius 3 is 1.47 bits per heavy atom. The van der Waals surface area contributed by atoms with E-state index < -0.39 is 53.5 Å². The summed E-state index contributed by atoms with van der Waals surface area (Å²) in [6, 6.07) is 10.3. The van der Waals surface area contributed by atoms with E-state index in [1.54, 1.807) is 91.9 Å². The topological polar surface area (TPSA) is 496 Å². The number of carboxylic acids is 1. The van der Waals surface area contributed by atoms with Crippen LogP contribution in [-0.4, -0.2) is 184 Å². The zero-order valence-corrected chi connectivity index (χ0v) is 81.6. The van der Waals surface area contributed by atoms with E-state index in [2.05, 4.69) is 123 Å². The van der Waals surface area contributed by atoms with E-state index in [1.807, 2.05) is 19.1 Å². The second-order valence-corrected chi connectivity index (χ2v) is 30.3. The van der Waals surface area contributed by atoms with Gasteiger partial charge in [-0.1, -0.05) is 98.1 Å². The number of nitrogens with two attached hydrogens (primary N) is 3. The molecule has 0 fully saturated rings. The quantitative estimate of drug-likeness (QED) is 0.00459. The SMILES string of the molecule is C#CCCC.CCCC#Cc1ncc(C(=O)OCC)c(C)n1.CCCCCc1ncc(C(=O)C[C@@H](CCN)C(=O)N(C)[C@@H]2C(=O)C[C@@H](C)C(=O)N[C@H](C(=O)CCC#N)Cc3ccc(OCCN)c(c3)-c3cc2ccc3OCCN)c(C)n1.CCCCCc1ncc(C(=O)O)c(C)n1.CCCCCc1ncc(C(=O)OCC)c(C)n1.CCOC(=O)c1cnc(Br)nc1C.[Na+].[OH-]. The van der Waals surface area contributed by atoms with Gasteiger partial charge in [-0.25, -0.2) is 69.0 Å². The van der Waals surface area contributed by atoms with Crippen LogP contribution in [0.2, 0.25) is 0 Å². The first-order valence-corrected chi connectivity index (χ1v) is 44.4. The number of hydrogen-bond acceptors (Lipinski definition) is 29. The average molecular weight is 1860 g/mol. The van der Waals surface area contributed by atoms with Gasteiger partial charge >= 0.3 is 53.4 Å². The minimum Gasteiger partial charge on any atom is -0.870 e. The normalized spacial score (nSPS) is 13.0. The number of amides is 2. The molecule has 694 valence electrons. The molecule has 1 aliphatic heterocycles. The Balaban J connectivity index is 0.000000963. The average Bonchev–Trinajstić information content (AvgIpc) is 0.776. The molecule has 0 aliphatic carbocycles. The second-order valence-electron chi connectivity index (χ2n) is 29.6. The van der Waals surface area contributed by atoms with Gasteiger partial charge in [0, 0.05) is 132 Å². The number of benzene rings is 2. The summed E-state index contributed by atoms with van der Waals surface area (Å²) >= 11 is 3.11. The number of rotatable bonds is 37. The molecule has 8 rings (SSSR count). The first kappa shape index (κ1) is 116. The molecule has 34 heteroatoms. The third-order valence-electron chi connectivity index (χ3n) is 19.3. The fourth-order valence-electron chi connectivity index (χ4n) is 12.6. The molecule has 1 aliphatic rings. The number of nitrogens with zero attached hydrogens (tertiary/aromatic N) is 12. The molecule has 32 nitrogen and oxygen atoms in total. The van der Waals surface area contributed by atoms with Gasteiger partial charge in [0.05, 0.1) is 88.2 Å². The van der Waals surface area contributed by atoms with Crippen molar-refractivity contribution in [1.82, 2.24) is 60.1 Å². The Labute approximate surface area is 790 Å². The molecule has 0 spiro atoms. The summed E-state index contributed by atoms with van der Waals surface area (Å²) in [5.41, 5.74) is 24.6. The number of carbonyl (C=O) groups excluding carboxylic acids is 8. The molecular weight excluding hydrogens is 1720 g/mol. The number of Topliss-reactive ketones (excluding diaryl/α,β-unsaturated/α-hetero) is 3. The maximum absolute atomic E-state index is 14.6. The number of halogens is 1. The number of carboxylic acid groups (broad SMARTS) is 1. The zero-order valence-electron chi connectivity index (χ0n) is 78.0. The molecule has 0 radical (unpaired) electrons. The summed E-state index contributed by atoms with van der Waals surface area (Å²) in [5.74, 6) is 5.88. The molecule has 0 saturated heterocycles. The maximum atomic E-state index is 14.6. The van der Waals surface area contributed by atoms with Crippen LogP contribution in [0.3, 0.4) is 0 Å². The number of ketones is 3. The number of terminal acetylenes is 1. The monoisotopic (exact) mass is 1850 g/mol. The summed E-state index contributed by atoms with van der Waals surface area (Å²) in [6.07, 6.45) is 28.1. The van der Waals surface area contributed by atoms with E-state index in [9.17, 15) is 48.4 Å². The van der Waals surface area contributed by atoms with Crippen LogP contribution in [0.1, 0.15) is 299 Å². The minimum absolute atomic E-state index is 0. The molecular formula is C95H130BrN16NaO16. The number of nitrogens with one attached hydrogen (secondary N) is 1. The van der Waals surface area contributed by atoms with Gasteiger partial charge in [-0.15, -0.1) is 12.3 Å². The summed E-state index contributed by atoms with van der Waals surface area (Å²) in [5, 5.41) is 20.8. The van der Waals surface area contributed by atoms with Crippen LogP contribution in [0.25, 0.3) is 11.1 Å². The summed E-state index contributed by atoms with van der Waals surface area (Å²) in [7, 11) is 1.50. The number of carbonyl (C=O) groups is 9. The van der Waals surface area contributed by atoms with Crippen molar-refractivity contribution in [3.8, 4) is 52.9 Å². The smallest absolute Gasteiger partial charge is 0.870 e. The fourth-order valence-corrected chi connectivity index (χ4v) is 12.9. The van der Waals surface area contributed by atoms with E-state index in [1.165, 1.54) is 49.6 Å². The second kappa shape index (κ2) is 65.7. The Bertz CT molecular complexity index is 4880. The van der Waals surface area contributed by atoms with Gasteiger partial charge in [-0.2, -0.15) is 5.26 Å². The zero-order chi connectivity index (χ0) is 94.3. The van der Waals surface area contributed by atoms with E-state index in [0.29, 0.717) is 127 Å². The van der Waals surface area contributed by atoms with Crippen molar-refractivity contribution in [3.63, 3.8) is 0 Å². The molecule has 9 N–H and O–H groups in total. The minimum atomic E-state index is -1.22. The number of aromatic nitrogens is 10. The van der Waals surface area contributed by atoms with Gasteiger partial charge in [0.25, 0.3) is 0 Å². The van der Waals surface area contributed by atoms with Crippen molar-refractivity contribution < 1.29 is 107 Å². The number of ether oxygens (including phenoxy) is 5. The number of aromatic carboxylic acids is 1. The van der Waals surface area contributed by atoms with Gasteiger partial charge < -0.3 is 61.7 Å². The molecule has 129 heavy (non-hydrogen) atoms. The Morgan fingerprint density at radius 2 is 1.05 bits per heavy atom. The number of aryl methyl sites for hydroxylation is 8. The van der Waals surface area contributed by atoms with Crippen molar-refractivity contribution in [3.05, 3.63) is 163 Å². The van der Waals surface area contributed by atoms with Gasteiger partial charge in [0.15, 0.2) is 22.1 Å². The van der Waals surface area contributed by atoms with E-state index in [-0.39, 0.29) is 135 Å². The number of nitriles is 1. The first-order chi connectivity index (χ1) is 60.9. The maximum Gasteiger partial charge on any atom is 1.00 e. The predicted octanol–water partition coefficient (Wildman–Crippen LogP) is 11.1. The first-order valence-electron chi connectivity index (χ1n) is 43.6. The largest absolute Gasteiger partial charge is 1.00 e. The molecule has 2 aromatic carbocycles. The van der Waals surface area contributed by atoms with Gasteiger partial charge in [0.1, 0.15) is 48.2 Å². The van der Waals surface area contributed by atoms with Crippen molar-refractivity contribution >= 4 is 69.0 Å². The van der Waals surface area contributed by atoms with Crippen molar-refractivity contribution in [1.29, 1.82) is 5.26 Å². The van der Waals surface area contributed by atoms with Crippen molar-refractivity contribution in [2.45, 2.75) is 250 Å². The predicted molar refractivity (Wildman–Crippen MR) is 490 cm³/mol. The Kier molecular flexibility index (Phi) is 59.2. The molecule has 0 saturated carbocycles. The van der Waals surface area contributed by atoms with Crippen LogP contribution >= 0.6 is 15.9 Å². The number of unbranched alkanes of at least 4 members (excludes halogenated alkanes) is 8. The molecule has 5 aromatic heterocycles. The number of fused-ring (bicyclic) bond motifs is 5. The van der Waals surface area contributed by atoms with Crippen LogP contribution in [-0.2, 0) is 59.1 Å². The van der Waals surface area contributed by atoms with Gasteiger partial charge in [-0.05, 0) is 164 Å². The fraction of sp³-hybridized carbons (Fsp3) is 0.516. The number of esters is 3. The van der Waals surface area contributed by atoms with Gasteiger partial charge in [0.2, 0.25) is 17.6 Å².